The highest BCUT2D eigenvalue weighted by atomic mass is 32.2. The van der Waals surface area contributed by atoms with Gasteiger partial charge in [0, 0.05) is 6.20 Å². The van der Waals surface area contributed by atoms with Gasteiger partial charge in [0.1, 0.15) is 0 Å². The quantitative estimate of drug-likeness (QED) is 0.417. The summed E-state index contributed by atoms with van der Waals surface area (Å²) in [5.41, 5.74) is 0.336. The monoisotopic (exact) mass is 575 g/mol. The Morgan fingerprint density at radius 3 is 2.50 bits per heavy atom. The average molecular weight is 576 g/mol. The van der Waals surface area contributed by atoms with E-state index in [0.717, 1.165) is 51.4 Å². The molecule has 2 N–H and O–H groups in total. The summed E-state index contributed by atoms with van der Waals surface area (Å²) in [5.74, 6) is 1.35. The van der Waals surface area contributed by atoms with Crippen LogP contribution in [0.4, 0.5) is 0 Å². The number of fused-ring (bicyclic) bond motifs is 5. The largest absolute Gasteiger partial charge is 0.465 e. The van der Waals surface area contributed by atoms with Crippen LogP contribution < -0.4 is 0 Å². The minimum absolute atomic E-state index is 0.111. The molecule has 7 nitrogen and oxygen atoms in total. The Hall–Kier alpha value is -1.51. The molecule has 4 aliphatic rings. The Labute approximate surface area is 240 Å². The maximum atomic E-state index is 12.5. The van der Waals surface area contributed by atoms with E-state index in [1.165, 1.54) is 12.3 Å². The summed E-state index contributed by atoms with van der Waals surface area (Å²) in [4.78, 5) is 16.2. The van der Waals surface area contributed by atoms with E-state index in [1.807, 2.05) is 0 Å². The highest BCUT2D eigenvalue weighted by Gasteiger charge is 2.64. The second-order valence-corrected chi connectivity index (χ2v) is 16.0. The minimum atomic E-state index is -3.81. The van der Waals surface area contributed by atoms with Crippen molar-refractivity contribution in [3.63, 3.8) is 0 Å². The molecule has 5 rings (SSSR count). The molecule has 4 aliphatic carbocycles. The van der Waals surface area contributed by atoms with Crippen LogP contribution >= 0.6 is 0 Å². The number of pyridine rings is 1. The molecule has 4 fully saturated rings. The fourth-order valence-corrected chi connectivity index (χ4v) is 11.3. The van der Waals surface area contributed by atoms with Gasteiger partial charge in [0.05, 0.1) is 18.8 Å². The minimum Gasteiger partial charge on any atom is -0.465 e. The second kappa shape index (κ2) is 11.3. The summed E-state index contributed by atoms with van der Waals surface area (Å²) in [6.07, 6.45) is 9.85. The van der Waals surface area contributed by atoms with Crippen LogP contribution in [0, 0.1) is 52.3 Å². The van der Waals surface area contributed by atoms with E-state index in [-0.39, 0.29) is 40.6 Å². The van der Waals surface area contributed by atoms with Crippen LogP contribution in [0.3, 0.4) is 0 Å². The SMILES string of the molecule is CC[C@H]1[C@@H](O)[C@@H]2[C@H](CC[C@]3(C)[C@@H]([C@H](C)CCOC(=O)CS(=O)(=O)c4ccccn4)CC[C@@H]23)[C@@]2(C)CC[C@@H](O)C[C@@H]12. The number of rotatable bonds is 8. The molecule has 0 saturated heterocycles. The van der Waals surface area contributed by atoms with Crippen LogP contribution in [0.15, 0.2) is 29.4 Å². The number of hydrogen-bond acceptors (Lipinski definition) is 7. The Bertz CT molecular complexity index is 1160. The van der Waals surface area contributed by atoms with Crippen molar-refractivity contribution in [1.29, 1.82) is 0 Å². The summed E-state index contributed by atoms with van der Waals surface area (Å²) >= 11 is 0. The van der Waals surface area contributed by atoms with Crippen LogP contribution in [0.5, 0.6) is 0 Å². The molecule has 1 heterocycles. The van der Waals surface area contributed by atoms with E-state index >= 15 is 0 Å². The number of aliphatic hydroxyl groups excluding tert-OH is 2. The van der Waals surface area contributed by atoms with Gasteiger partial charge >= 0.3 is 5.97 Å². The summed E-state index contributed by atoms with van der Waals surface area (Å²) in [7, 11) is -3.81. The van der Waals surface area contributed by atoms with Crippen LogP contribution in [0.2, 0.25) is 0 Å². The van der Waals surface area contributed by atoms with Crippen LogP contribution in [0.25, 0.3) is 0 Å². The number of sulfone groups is 1. The Kier molecular flexibility index (Phi) is 8.46. The third-order valence-corrected chi connectivity index (χ3v) is 13.7. The first kappa shape index (κ1) is 30.0. The van der Waals surface area contributed by atoms with Crippen molar-refractivity contribution in [2.75, 3.05) is 12.4 Å². The van der Waals surface area contributed by atoms with Gasteiger partial charge in [-0.05, 0) is 116 Å². The molecule has 1 aromatic rings. The molecule has 0 bridgehead atoms. The van der Waals surface area contributed by atoms with Gasteiger partial charge in [-0.3, -0.25) is 4.79 Å². The van der Waals surface area contributed by atoms with Crippen molar-refractivity contribution >= 4 is 15.8 Å². The van der Waals surface area contributed by atoms with Gasteiger partial charge in [0.2, 0.25) is 9.84 Å². The van der Waals surface area contributed by atoms with E-state index in [1.54, 1.807) is 12.1 Å². The van der Waals surface area contributed by atoms with E-state index in [9.17, 15) is 23.4 Å². The maximum Gasteiger partial charge on any atom is 0.321 e. The van der Waals surface area contributed by atoms with E-state index in [2.05, 4.69) is 32.7 Å². The number of aromatic nitrogens is 1. The maximum absolute atomic E-state index is 12.5. The first-order valence-electron chi connectivity index (χ1n) is 15.6. The van der Waals surface area contributed by atoms with Gasteiger partial charge in [0.25, 0.3) is 0 Å². The van der Waals surface area contributed by atoms with Crippen molar-refractivity contribution in [3.8, 4) is 0 Å². The number of carbonyl (C=O) groups excluding carboxylic acids is 1. The summed E-state index contributed by atoms with van der Waals surface area (Å²) in [6, 6.07) is 4.61. The number of carbonyl (C=O) groups is 1. The molecular weight excluding hydrogens is 526 g/mol. The fourth-order valence-electron chi connectivity index (χ4n) is 10.3. The molecule has 224 valence electrons. The van der Waals surface area contributed by atoms with Gasteiger partial charge < -0.3 is 14.9 Å². The van der Waals surface area contributed by atoms with Crippen LogP contribution in [-0.4, -0.2) is 54.2 Å². The zero-order chi connectivity index (χ0) is 28.9. The van der Waals surface area contributed by atoms with Crippen molar-refractivity contribution in [1.82, 2.24) is 4.98 Å². The summed E-state index contributed by atoms with van der Waals surface area (Å²) < 4.78 is 30.3. The van der Waals surface area contributed by atoms with Gasteiger partial charge in [-0.2, -0.15) is 0 Å². The van der Waals surface area contributed by atoms with Crippen molar-refractivity contribution < 1.29 is 28.2 Å². The first-order valence-corrected chi connectivity index (χ1v) is 17.2. The number of aliphatic hydroxyl groups is 2. The average Bonchev–Trinajstić information content (AvgIpc) is 3.27. The van der Waals surface area contributed by atoms with E-state index in [0.29, 0.717) is 41.9 Å². The van der Waals surface area contributed by atoms with Gasteiger partial charge in [-0.25, -0.2) is 13.4 Å². The standard InChI is InChI=1S/C32H49NO6S/c1-5-22-26-18-21(34)11-14-32(26,4)25-12-15-31(3)23(9-10-24(31)29(25)30(22)36)20(2)13-17-39-28(35)19-40(37,38)27-8-6-7-16-33-27/h6-8,16,20-26,29-30,34,36H,5,9-15,17-19H2,1-4H3/t20-,21-,22-,23-,24+,25+,26+,29+,30-,31-,32-/m1/s1. The van der Waals surface area contributed by atoms with Gasteiger partial charge in [0.15, 0.2) is 10.8 Å². The van der Waals surface area contributed by atoms with Crippen molar-refractivity contribution in [2.24, 2.45) is 52.3 Å². The second-order valence-electron chi connectivity index (χ2n) is 14.0. The molecule has 8 heteroatoms. The molecule has 0 amide bonds. The molecule has 40 heavy (non-hydrogen) atoms. The molecule has 4 saturated carbocycles. The molecule has 0 aliphatic heterocycles. The van der Waals surface area contributed by atoms with Crippen molar-refractivity contribution in [2.45, 2.75) is 103 Å². The van der Waals surface area contributed by atoms with Crippen LogP contribution in [-0.2, 0) is 19.4 Å². The lowest BCUT2D eigenvalue weighted by molar-refractivity contribution is -0.203. The summed E-state index contributed by atoms with van der Waals surface area (Å²) in [6.45, 7) is 9.58. The highest BCUT2D eigenvalue weighted by molar-refractivity contribution is 7.92. The number of ether oxygens (including phenoxy) is 1. The highest BCUT2D eigenvalue weighted by Crippen LogP contribution is 2.69. The molecule has 0 spiro atoms. The molecular formula is C32H49NO6S. The molecule has 1 aromatic heterocycles. The lowest BCUT2D eigenvalue weighted by atomic mass is 9.41. The van der Waals surface area contributed by atoms with E-state index < -0.39 is 21.6 Å². The molecule has 11 atom stereocenters. The number of hydrogen-bond donors (Lipinski definition) is 2. The first-order chi connectivity index (χ1) is 18.9. The molecule has 0 radical (unpaired) electrons. The predicted octanol–water partition coefficient (Wildman–Crippen LogP) is 5.05. The topological polar surface area (TPSA) is 114 Å². The van der Waals surface area contributed by atoms with Crippen LogP contribution in [0.1, 0.15) is 85.5 Å². The lowest BCUT2D eigenvalue weighted by Gasteiger charge is -2.64. The lowest BCUT2D eigenvalue weighted by Crippen LogP contribution is -2.62. The Morgan fingerprint density at radius 2 is 1.80 bits per heavy atom. The fraction of sp³-hybridized carbons (Fsp3) is 0.812. The van der Waals surface area contributed by atoms with E-state index in [4.69, 9.17) is 4.74 Å². The van der Waals surface area contributed by atoms with Gasteiger partial charge in [-0.1, -0.05) is 40.2 Å². The Balaban J connectivity index is 1.22. The Morgan fingerprint density at radius 1 is 1.07 bits per heavy atom. The van der Waals surface area contributed by atoms with Gasteiger partial charge in [-0.15, -0.1) is 0 Å². The molecule has 0 unspecified atom stereocenters. The smallest absolute Gasteiger partial charge is 0.321 e. The summed E-state index contributed by atoms with van der Waals surface area (Å²) in [5, 5.41) is 22.3. The zero-order valence-corrected chi connectivity index (χ0v) is 25.5. The number of esters is 1. The predicted molar refractivity (Wildman–Crippen MR) is 153 cm³/mol. The van der Waals surface area contributed by atoms with Crippen molar-refractivity contribution in [3.05, 3.63) is 24.4 Å². The third kappa shape index (κ3) is 5.15. The third-order valence-electron chi connectivity index (χ3n) is 12.3. The normalized spacial score (nSPS) is 41.9. The zero-order valence-electron chi connectivity index (χ0n) is 24.7. The molecule has 0 aromatic carbocycles. The number of nitrogens with zero attached hydrogens (tertiary/aromatic N) is 1.